The minimum atomic E-state index is -1.09. The third kappa shape index (κ3) is 3.93. The highest BCUT2D eigenvalue weighted by molar-refractivity contribution is 5.97. The van der Waals surface area contributed by atoms with Crippen LogP contribution in [0.5, 0.6) is 0 Å². The number of carboxylic acid groups (broad SMARTS) is 1. The van der Waals surface area contributed by atoms with E-state index in [2.05, 4.69) is 0 Å². The molecule has 4 rings (SSSR count). The number of hydrogen-bond donors (Lipinski definition) is 1. The third-order valence-corrected chi connectivity index (χ3v) is 6.19. The van der Waals surface area contributed by atoms with Gasteiger partial charge in [0.15, 0.2) is 6.04 Å². The van der Waals surface area contributed by atoms with Crippen molar-refractivity contribution in [2.75, 3.05) is 19.7 Å². The minimum Gasteiger partial charge on any atom is -0.480 e. The summed E-state index contributed by atoms with van der Waals surface area (Å²) in [7, 11) is 0. The van der Waals surface area contributed by atoms with Crippen LogP contribution in [0.4, 0.5) is 0 Å². The average Bonchev–Trinajstić information content (AvgIpc) is 3.13. The van der Waals surface area contributed by atoms with Crippen molar-refractivity contribution in [3.8, 4) is 0 Å². The number of amides is 2. The molecule has 2 amide bonds. The van der Waals surface area contributed by atoms with Gasteiger partial charge in [0.1, 0.15) is 5.72 Å². The lowest BCUT2D eigenvalue weighted by Crippen LogP contribution is -2.58. The van der Waals surface area contributed by atoms with Gasteiger partial charge in [-0.25, -0.2) is 4.79 Å². The Labute approximate surface area is 181 Å². The van der Waals surface area contributed by atoms with Crippen molar-refractivity contribution >= 4 is 17.8 Å². The summed E-state index contributed by atoms with van der Waals surface area (Å²) in [6.07, 6.45) is 0.734. The quantitative estimate of drug-likeness (QED) is 0.822. The summed E-state index contributed by atoms with van der Waals surface area (Å²) >= 11 is 0. The highest BCUT2D eigenvalue weighted by Gasteiger charge is 2.54. The van der Waals surface area contributed by atoms with E-state index >= 15 is 0 Å². The summed E-state index contributed by atoms with van der Waals surface area (Å²) in [5.41, 5.74) is 2.12. The summed E-state index contributed by atoms with van der Waals surface area (Å²) < 4.78 is 5.97. The Morgan fingerprint density at radius 2 is 1.35 bits per heavy atom. The van der Waals surface area contributed by atoms with E-state index in [1.54, 1.807) is 17.0 Å². The van der Waals surface area contributed by atoms with Gasteiger partial charge in [-0.1, -0.05) is 35.4 Å². The van der Waals surface area contributed by atoms with E-state index in [1.807, 2.05) is 50.2 Å². The Kier molecular flexibility index (Phi) is 5.54. The molecule has 0 aliphatic carbocycles. The molecule has 0 aromatic heterocycles. The van der Waals surface area contributed by atoms with Crippen molar-refractivity contribution in [2.24, 2.45) is 0 Å². The molecule has 2 aliphatic heterocycles. The van der Waals surface area contributed by atoms with Crippen molar-refractivity contribution < 1.29 is 24.2 Å². The summed E-state index contributed by atoms with van der Waals surface area (Å²) in [5.74, 6) is -1.52. The number of rotatable bonds is 3. The van der Waals surface area contributed by atoms with Crippen LogP contribution >= 0.6 is 0 Å². The zero-order valence-corrected chi connectivity index (χ0v) is 17.7. The summed E-state index contributed by atoms with van der Waals surface area (Å²) in [5, 5.41) is 9.71. The lowest BCUT2D eigenvalue weighted by Gasteiger charge is -2.44. The predicted octanol–water partition coefficient (Wildman–Crippen LogP) is 2.86. The lowest BCUT2D eigenvalue weighted by atomic mass is 9.96. The fourth-order valence-corrected chi connectivity index (χ4v) is 4.33. The second-order valence-corrected chi connectivity index (χ2v) is 8.31. The van der Waals surface area contributed by atoms with Gasteiger partial charge < -0.3 is 14.7 Å². The van der Waals surface area contributed by atoms with Gasteiger partial charge in [-0.2, -0.15) is 0 Å². The smallest absolute Gasteiger partial charge is 0.328 e. The monoisotopic (exact) mass is 422 g/mol. The highest BCUT2D eigenvalue weighted by Crippen LogP contribution is 2.38. The second-order valence-electron chi connectivity index (χ2n) is 8.31. The maximum absolute atomic E-state index is 13.3. The molecule has 0 radical (unpaired) electrons. The standard InChI is InChI=1S/C24H26N2O5/c1-16-3-7-18(8-4-16)21(27)25-13-11-24(12-14-25)26(20(15-31-24)23(29)30)22(28)19-9-5-17(2)6-10-19/h3-10,20H,11-15H2,1-2H3,(H,29,30)/t20-/m1/s1. The number of aryl methyl sites for hydroxylation is 2. The zero-order valence-electron chi connectivity index (χ0n) is 17.7. The molecule has 2 saturated heterocycles. The van der Waals surface area contributed by atoms with Crippen LogP contribution in [0, 0.1) is 13.8 Å². The third-order valence-electron chi connectivity index (χ3n) is 6.19. The zero-order chi connectivity index (χ0) is 22.2. The molecule has 7 heteroatoms. The topological polar surface area (TPSA) is 87.2 Å². The van der Waals surface area contributed by atoms with Gasteiger partial charge in [0.2, 0.25) is 0 Å². The number of carbonyl (C=O) groups is 3. The highest BCUT2D eigenvalue weighted by atomic mass is 16.5. The Morgan fingerprint density at radius 1 is 0.871 bits per heavy atom. The Bertz CT molecular complexity index is 992. The molecule has 2 aromatic carbocycles. The molecule has 162 valence electrons. The maximum atomic E-state index is 13.3. The predicted molar refractivity (Wildman–Crippen MR) is 114 cm³/mol. The molecule has 7 nitrogen and oxygen atoms in total. The van der Waals surface area contributed by atoms with Crippen LogP contribution in [0.25, 0.3) is 0 Å². The van der Waals surface area contributed by atoms with E-state index in [9.17, 15) is 19.5 Å². The number of piperidine rings is 1. The summed E-state index contributed by atoms with van der Waals surface area (Å²) in [6.45, 7) is 4.61. The van der Waals surface area contributed by atoms with E-state index < -0.39 is 17.7 Å². The van der Waals surface area contributed by atoms with Gasteiger partial charge in [0, 0.05) is 37.1 Å². The fraction of sp³-hybridized carbons (Fsp3) is 0.375. The number of likely N-dealkylation sites (tertiary alicyclic amines) is 1. The summed E-state index contributed by atoms with van der Waals surface area (Å²) in [4.78, 5) is 41.2. The minimum absolute atomic E-state index is 0.0567. The number of ether oxygens (including phenoxy) is 1. The SMILES string of the molecule is Cc1ccc(C(=O)N2CCC3(CC2)OC[C@H](C(=O)O)N3C(=O)c2ccc(C)cc2)cc1. The molecular weight excluding hydrogens is 396 g/mol. The average molecular weight is 422 g/mol. The van der Waals surface area contributed by atoms with Crippen molar-refractivity contribution in [3.05, 3.63) is 70.8 Å². The Morgan fingerprint density at radius 3 is 1.84 bits per heavy atom. The van der Waals surface area contributed by atoms with Gasteiger partial charge in [-0.15, -0.1) is 0 Å². The first-order chi connectivity index (χ1) is 14.8. The number of benzene rings is 2. The maximum Gasteiger partial charge on any atom is 0.328 e. The number of carbonyl (C=O) groups excluding carboxylic acids is 2. The molecule has 1 spiro atoms. The van der Waals surface area contributed by atoms with Crippen LogP contribution in [0.15, 0.2) is 48.5 Å². The molecule has 1 N–H and O–H groups in total. The number of nitrogens with zero attached hydrogens (tertiary/aromatic N) is 2. The Hall–Kier alpha value is -3.19. The van der Waals surface area contributed by atoms with E-state index in [0.29, 0.717) is 37.1 Å². The number of carboxylic acids is 1. The molecule has 1 atom stereocenters. The number of hydrogen-bond acceptors (Lipinski definition) is 4. The molecule has 0 unspecified atom stereocenters. The fourth-order valence-electron chi connectivity index (χ4n) is 4.33. The molecule has 2 heterocycles. The van der Waals surface area contributed by atoms with Crippen LogP contribution in [0.3, 0.4) is 0 Å². The number of aliphatic carboxylic acids is 1. The van der Waals surface area contributed by atoms with E-state index in [-0.39, 0.29) is 18.4 Å². The molecule has 2 aromatic rings. The van der Waals surface area contributed by atoms with Crippen LogP contribution in [-0.2, 0) is 9.53 Å². The van der Waals surface area contributed by atoms with Crippen molar-refractivity contribution in [3.63, 3.8) is 0 Å². The largest absolute Gasteiger partial charge is 0.480 e. The van der Waals surface area contributed by atoms with Crippen LogP contribution in [0.2, 0.25) is 0 Å². The molecule has 0 saturated carbocycles. The van der Waals surface area contributed by atoms with Gasteiger partial charge in [-0.05, 0) is 38.1 Å². The first-order valence-corrected chi connectivity index (χ1v) is 10.4. The first kappa shape index (κ1) is 21.1. The van der Waals surface area contributed by atoms with Gasteiger partial charge in [-0.3, -0.25) is 14.5 Å². The molecule has 2 fully saturated rings. The van der Waals surface area contributed by atoms with Gasteiger partial charge >= 0.3 is 5.97 Å². The van der Waals surface area contributed by atoms with Crippen LogP contribution in [-0.4, -0.2) is 64.2 Å². The normalized spacial score (nSPS) is 20.1. The lowest BCUT2D eigenvalue weighted by molar-refractivity contribution is -0.143. The second kappa shape index (κ2) is 8.15. The molecule has 0 bridgehead atoms. The molecule has 31 heavy (non-hydrogen) atoms. The van der Waals surface area contributed by atoms with E-state index in [1.165, 1.54) is 4.90 Å². The van der Waals surface area contributed by atoms with Crippen molar-refractivity contribution in [2.45, 2.75) is 38.5 Å². The molecular formula is C24H26N2O5. The molecule has 2 aliphatic rings. The summed E-state index contributed by atoms with van der Waals surface area (Å²) in [6, 6.07) is 13.4. The van der Waals surface area contributed by atoms with Crippen molar-refractivity contribution in [1.82, 2.24) is 9.80 Å². The first-order valence-electron chi connectivity index (χ1n) is 10.4. The van der Waals surface area contributed by atoms with E-state index in [4.69, 9.17) is 4.74 Å². The Balaban J connectivity index is 1.55. The van der Waals surface area contributed by atoms with Crippen LogP contribution < -0.4 is 0 Å². The van der Waals surface area contributed by atoms with Gasteiger partial charge in [0.25, 0.3) is 11.8 Å². The van der Waals surface area contributed by atoms with Crippen LogP contribution in [0.1, 0.15) is 44.7 Å². The van der Waals surface area contributed by atoms with Gasteiger partial charge in [0.05, 0.1) is 6.61 Å². The van der Waals surface area contributed by atoms with Crippen molar-refractivity contribution in [1.29, 1.82) is 0 Å². The van der Waals surface area contributed by atoms with E-state index in [0.717, 1.165) is 11.1 Å².